The number of aryl methyl sites for hydroxylation is 1. The molecule has 12 heteroatoms. The molecule has 2 aromatic heterocycles. The number of nitrogens with two attached hydrogens (primary N) is 1. The van der Waals surface area contributed by atoms with E-state index in [2.05, 4.69) is 48.2 Å². The lowest BCUT2D eigenvalue weighted by Gasteiger charge is -2.31. The maximum absolute atomic E-state index is 13.1. The van der Waals surface area contributed by atoms with Gasteiger partial charge in [0, 0.05) is 32.0 Å². The van der Waals surface area contributed by atoms with Crippen LogP contribution >= 0.6 is 0 Å². The summed E-state index contributed by atoms with van der Waals surface area (Å²) in [6, 6.07) is 16.0. The first-order valence-electron chi connectivity index (χ1n) is 11.5. The zero-order chi connectivity index (χ0) is 25.1. The molecule has 0 spiro atoms. The number of para-hydroxylation sites is 1. The molecule has 0 unspecified atom stereocenters. The van der Waals surface area contributed by atoms with Gasteiger partial charge in [-0.25, -0.2) is 10.1 Å². The number of hydrogen-bond acceptors (Lipinski definition) is 10. The van der Waals surface area contributed by atoms with Gasteiger partial charge in [0.25, 0.3) is 5.91 Å². The van der Waals surface area contributed by atoms with E-state index in [9.17, 15) is 4.79 Å². The van der Waals surface area contributed by atoms with E-state index in [0.717, 1.165) is 36.3 Å². The molecule has 0 atom stereocenters. The summed E-state index contributed by atoms with van der Waals surface area (Å²) in [6.07, 6.45) is 3.56. The summed E-state index contributed by atoms with van der Waals surface area (Å²) in [7, 11) is 3.94. The van der Waals surface area contributed by atoms with Gasteiger partial charge in [0.2, 0.25) is 11.6 Å². The minimum Gasteiger partial charge on any atom is -0.378 e. The molecule has 3 N–H and O–H groups in total. The summed E-state index contributed by atoms with van der Waals surface area (Å²) in [6.45, 7) is 1.17. The van der Waals surface area contributed by atoms with E-state index >= 15 is 0 Å². The third kappa shape index (κ3) is 4.60. The van der Waals surface area contributed by atoms with Crippen molar-refractivity contribution in [3.05, 3.63) is 71.0 Å². The summed E-state index contributed by atoms with van der Waals surface area (Å²) in [5.41, 5.74) is 13.3. The largest absolute Gasteiger partial charge is 0.378 e. The number of anilines is 3. The molecule has 1 aliphatic rings. The normalized spacial score (nSPS) is 13.1. The molecule has 1 amide bonds. The fourth-order valence-corrected chi connectivity index (χ4v) is 4.16. The first kappa shape index (κ1) is 23.0. The lowest BCUT2D eigenvalue weighted by molar-refractivity contribution is 0.0949. The molecule has 0 saturated carbocycles. The molecule has 2 aromatic carbocycles. The molecule has 1 aliphatic heterocycles. The Morgan fingerprint density at radius 2 is 2.00 bits per heavy atom. The van der Waals surface area contributed by atoms with Crippen LogP contribution < -0.4 is 21.0 Å². The SMILES string of the molecule is CN(C)c1ccc(/C=N/NC(=O)c2nnn(-c3nonc3N)c2CN2CCCc3ccccc32)cc1. The smallest absolute Gasteiger partial charge is 0.293 e. The number of fused-ring (bicyclic) bond motifs is 1. The lowest BCUT2D eigenvalue weighted by atomic mass is 10.0. The molecule has 12 nitrogen and oxygen atoms in total. The van der Waals surface area contributed by atoms with Crippen molar-refractivity contribution in [2.24, 2.45) is 5.10 Å². The molecule has 0 aliphatic carbocycles. The Morgan fingerprint density at radius 3 is 2.75 bits per heavy atom. The van der Waals surface area contributed by atoms with Crippen LogP contribution in [0.15, 0.2) is 58.3 Å². The number of aromatic nitrogens is 5. The second kappa shape index (κ2) is 9.86. The van der Waals surface area contributed by atoms with Crippen molar-refractivity contribution in [2.45, 2.75) is 19.4 Å². The summed E-state index contributed by atoms with van der Waals surface area (Å²) in [5, 5.41) is 19.8. The van der Waals surface area contributed by atoms with Crippen LogP contribution in [-0.4, -0.2) is 58.1 Å². The van der Waals surface area contributed by atoms with Crippen molar-refractivity contribution in [1.29, 1.82) is 0 Å². The minimum atomic E-state index is -0.502. The van der Waals surface area contributed by atoms with E-state index in [1.54, 1.807) is 6.21 Å². The summed E-state index contributed by atoms with van der Waals surface area (Å²) in [4.78, 5) is 17.3. The van der Waals surface area contributed by atoms with E-state index in [0.29, 0.717) is 12.2 Å². The van der Waals surface area contributed by atoms with Crippen molar-refractivity contribution in [3.63, 3.8) is 0 Å². The highest BCUT2D eigenvalue weighted by molar-refractivity contribution is 5.94. The van der Waals surface area contributed by atoms with Crippen molar-refractivity contribution < 1.29 is 9.42 Å². The standard InChI is InChI=1S/C24H26N10O2/c1-32(2)18-11-9-16(10-12-18)14-26-28-24(35)21-20(34(31-27-21)23-22(25)29-36-30-23)15-33-13-5-7-17-6-3-4-8-19(17)33/h3-4,6,8-12,14H,5,7,13,15H2,1-2H3,(H2,25,29)(H,28,35)/b26-14+. The fraction of sp³-hybridized carbons (Fsp3) is 0.250. The molecule has 0 fully saturated rings. The van der Waals surface area contributed by atoms with E-state index in [1.807, 2.05) is 55.4 Å². The summed E-state index contributed by atoms with van der Waals surface area (Å²) < 4.78 is 6.14. The number of hydrazone groups is 1. The van der Waals surface area contributed by atoms with Crippen molar-refractivity contribution in [3.8, 4) is 5.82 Å². The van der Waals surface area contributed by atoms with Crippen molar-refractivity contribution >= 4 is 29.3 Å². The average molecular weight is 487 g/mol. The van der Waals surface area contributed by atoms with E-state index in [4.69, 9.17) is 10.4 Å². The van der Waals surface area contributed by atoms with Gasteiger partial charge in [0.1, 0.15) is 0 Å². The van der Waals surface area contributed by atoms with Crippen LogP contribution in [0.25, 0.3) is 5.82 Å². The highest BCUT2D eigenvalue weighted by Crippen LogP contribution is 2.29. The second-order valence-corrected chi connectivity index (χ2v) is 8.61. The maximum atomic E-state index is 13.1. The number of nitrogen functional groups attached to an aromatic ring is 1. The number of carbonyl (C=O) groups is 1. The van der Waals surface area contributed by atoms with Crippen LogP contribution in [0.2, 0.25) is 0 Å². The first-order valence-corrected chi connectivity index (χ1v) is 11.5. The number of hydrogen-bond donors (Lipinski definition) is 2. The van der Waals surface area contributed by atoms with Gasteiger partial charge in [-0.15, -0.1) is 5.10 Å². The Bertz CT molecular complexity index is 1390. The van der Waals surface area contributed by atoms with Gasteiger partial charge in [-0.3, -0.25) is 4.79 Å². The van der Waals surface area contributed by atoms with Gasteiger partial charge in [-0.2, -0.15) is 9.78 Å². The fourth-order valence-electron chi connectivity index (χ4n) is 4.16. The van der Waals surface area contributed by atoms with Crippen LogP contribution in [0.5, 0.6) is 0 Å². The first-order chi connectivity index (χ1) is 17.5. The number of amides is 1. The molecular weight excluding hydrogens is 460 g/mol. The number of nitrogens with zero attached hydrogens (tertiary/aromatic N) is 8. The molecule has 5 rings (SSSR count). The average Bonchev–Trinajstić information content (AvgIpc) is 3.50. The van der Waals surface area contributed by atoms with Gasteiger partial charge in [-0.05, 0) is 52.5 Å². The molecule has 0 saturated heterocycles. The van der Waals surface area contributed by atoms with Crippen LogP contribution in [0.4, 0.5) is 17.2 Å². The number of nitrogens with one attached hydrogen (secondary N) is 1. The molecule has 4 aromatic rings. The van der Waals surface area contributed by atoms with E-state index in [-0.39, 0.29) is 17.3 Å². The summed E-state index contributed by atoms with van der Waals surface area (Å²) >= 11 is 0. The molecule has 36 heavy (non-hydrogen) atoms. The molecular formula is C24H26N10O2. The second-order valence-electron chi connectivity index (χ2n) is 8.61. The highest BCUT2D eigenvalue weighted by atomic mass is 16.6. The van der Waals surface area contributed by atoms with Crippen LogP contribution in [0.3, 0.4) is 0 Å². The third-order valence-corrected chi connectivity index (χ3v) is 6.01. The Hall–Kier alpha value is -4.74. The quantitative estimate of drug-likeness (QED) is 0.296. The Balaban J connectivity index is 1.41. The number of rotatable bonds is 7. The summed E-state index contributed by atoms with van der Waals surface area (Å²) in [5.74, 6) is -0.282. The number of carbonyl (C=O) groups excluding carboxylic acids is 1. The van der Waals surface area contributed by atoms with Gasteiger partial charge < -0.3 is 15.5 Å². The van der Waals surface area contributed by atoms with Gasteiger partial charge in [-0.1, -0.05) is 35.5 Å². The highest BCUT2D eigenvalue weighted by Gasteiger charge is 2.27. The Kier molecular flexibility index (Phi) is 6.31. The lowest BCUT2D eigenvalue weighted by Crippen LogP contribution is -2.31. The van der Waals surface area contributed by atoms with Crippen molar-refractivity contribution in [2.75, 3.05) is 36.2 Å². The van der Waals surface area contributed by atoms with Gasteiger partial charge in [0.15, 0.2) is 5.69 Å². The van der Waals surface area contributed by atoms with Gasteiger partial charge >= 0.3 is 0 Å². The van der Waals surface area contributed by atoms with Crippen molar-refractivity contribution in [1.82, 2.24) is 30.7 Å². The topological polar surface area (TPSA) is 144 Å². The van der Waals surface area contributed by atoms with Crippen LogP contribution in [0, 0.1) is 0 Å². The molecule has 184 valence electrons. The van der Waals surface area contributed by atoms with Gasteiger partial charge in [0.05, 0.1) is 18.5 Å². The maximum Gasteiger partial charge on any atom is 0.293 e. The zero-order valence-electron chi connectivity index (χ0n) is 20.0. The molecule has 0 radical (unpaired) electrons. The monoisotopic (exact) mass is 486 g/mol. The van der Waals surface area contributed by atoms with E-state index < -0.39 is 5.91 Å². The Labute approximate surface area is 207 Å². The zero-order valence-corrected chi connectivity index (χ0v) is 20.0. The van der Waals surface area contributed by atoms with Crippen LogP contribution in [-0.2, 0) is 13.0 Å². The molecule has 3 heterocycles. The number of benzene rings is 2. The van der Waals surface area contributed by atoms with Crippen LogP contribution in [0.1, 0.15) is 33.7 Å². The molecule has 0 bridgehead atoms. The van der Waals surface area contributed by atoms with E-state index in [1.165, 1.54) is 10.2 Å². The minimum absolute atomic E-state index is 0.0475. The third-order valence-electron chi connectivity index (χ3n) is 6.01. The predicted molar refractivity (Wildman–Crippen MR) is 135 cm³/mol. The predicted octanol–water partition coefficient (Wildman–Crippen LogP) is 2.02. The Morgan fingerprint density at radius 1 is 1.19 bits per heavy atom.